The quantitative estimate of drug-likeness (QED) is 0.141. The van der Waals surface area contributed by atoms with Crippen molar-refractivity contribution in [1.82, 2.24) is 19.9 Å². The predicted octanol–water partition coefficient (Wildman–Crippen LogP) is 16.6. The van der Waals surface area contributed by atoms with Gasteiger partial charge in [-0.1, -0.05) is 121 Å². The molecule has 4 heterocycles. The van der Waals surface area contributed by atoms with E-state index in [1.165, 1.54) is 0 Å². The number of fused-ring (bicyclic) bond motifs is 4. The van der Waals surface area contributed by atoms with E-state index in [9.17, 15) is 0 Å². The summed E-state index contributed by atoms with van der Waals surface area (Å²) in [5.74, 6) is 4.86. The fourth-order valence-corrected chi connectivity index (χ4v) is 9.42. The largest absolute Gasteiger partial charge is 0.453 e. The molecule has 9 aromatic carbocycles. The maximum Gasteiger partial charge on any atom is 0.164 e. The lowest BCUT2D eigenvalue weighted by Crippen LogP contribution is -2.19. The SMILES string of the molecule is c1ccc(-c2nc(-c3ccccc3)nc(-c3ccc(N(c4ccc(-c5ccncc5)cc4)c4cc(N5c6ccccc6Oc6ccccc65)cc(N5c6ccccc6Oc6ccccc65)c4)cc3)n2)cc1. The molecule has 0 aliphatic carbocycles. The van der Waals surface area contributed by atoms with Crippen LogP contribution in [0.2, 0.25) is 0 Å². The number of ether oxygens (including phenoxy) is 2. The molecular formula is C62H41N7O2. The van der Waals surface area contributed by atoms with Crippen molar-refractivity contribution in [2.24, 2.45) is 0 Å². The summed E-state index contributed by atoms with van der Waals surface area (Å²) >= 11 is 0. The molecule has 11 aromatic rings. The normalized spacial score (nSPS) is 12.1. The summed E-state index contributed by atoms with van der Waals surface area (Å²) in [4.78, 5) is 26.2. The van der Waals surface area contributed by atoms with Crippen LogP contribution >= 0.6 is 0 Å². The summed E-state index contributed by atoms with van der Waals surface area (Å²) in [7, 11) is 0. The van der Waals surface area contributed by atoms with Crippen LogP contribution in [0.5, 0.6) is 23.0 Å². The third kappa shape index (κ3) is 7.73. The van der Waals surface area contributed by atoms with E-state index in [0.29, 0.717) is 17.5 Å². The van der Waals surface area contributed by atoms with Gasteiger partial charge >= 0.3 is 0 Å². The zero-order chi connectivity index (χ0) is 47.1. The molecule has 336 valence electrons. The zero-order valence-electron chi connectivity index (χ0n) is 38.1. The van der Waals surface area contributed by atoms with Gasteiger partial charge in [0, 0.05) is 40.5 Å². The van der Waals surface area contributed by atoms with Gasteiger partial charge in [-0.05, 0) is 126 Å². The Bertz CT molecular complexity index is 3460. The molecule has 0 radical (unpaired) electrons. The minimum atomic E-state index is 0.580. The van der Waals surface area contributed by atoms with Gasteiger partial charge in [-0.15, -0.1) is 0 Å². The van der Waals surface area contributed by atoms with Crippen molar-refractivity contribution < 1.29 is 9.47 Å². The Morgan fingerprint density at radius 1 is 0.296 bits per heavy atom. The van der Waals surface area contributed by atoms with Gasteiger partial charge < -0.3 is 24.2 Å². The number of rotatable bonds is 9. The number of hydrogen-bond acceptors (Lipinski definition) is 9. The molecule has 0 saturated carbocycles. The zero-order valence-corrected chi connectivity index (χ0v) is 38.1. The average molecular weight is 916 g/mol. The number of hydrogen-bond donors (Lipinski definition) is 0. The lowest BCUT2D eigenvalue weighted by atomic mass is 10.0. The summed E-state index contributed by atoms with van der Waals surface area (Å²) in [5, 5.41) is 0. The molecule has 2 aliphatic heterocycles. The van der Waals surface area contributed by atoms with Crippen LogP contribution in [0.1, 0.15) is 0 Å². The van der Waals surface area contributed by atoms with Crippen molar-refractivity contribution in [1.29, 1.82) is 0 Å². The van der Waals surface area contributed by atoms with E-state index in [1.54, 1.807) is 0 Å². The maximum absolute atomic E-state index is 6.55. The Morgan fingerprint density at radius 3 is 1.04 bits per heavy atom. The van der Waals surface area contributed by atoms with E-state index in [0.717, 1.165) is 102 Å². The minimum Gasteiger partial charge on any atom is -0.453 e. The van der Waals surface area contributed by atoms with Crippen molar-refractivity contribution in [3.63, 3.8) is 0 Å². The van der Waals surface area contributed by atoms with Crippen LogP contribution in [0.25, 0.3) is 45.3 Å². The number of pyridine rings is 1. The van der Waals surface area contributed by atoms with E-state index in [1.807, 2.05) is 134 Å². The van der Waals surface area contributed by atoms with Crippen LogP contribution in [0.4, 0.5) is 51.2 Å². The highest BCUT2D eigenvalue weighted by atomic mass is 16.5. The Hall–Kier alpha value is -9.86. The third-order valence-electron chi connectivity index (χ3n) is 12.7. The van der Waals surface area contributed by atoms with Crippen LogP contribution in [0.3, 0.4) is 0 Å². The molecular weight excluding hydrogens is 875 g/mol. The summed E-state index contributed by atoms with van der Waals surface area (Å²) < 4.78 is 13.1. The first-order valence-corrected chi connectivity index (χ1v) is 23.4. The highest BCUT2D eigenvalue weighted by molar-refractivity contribution is 5.94. The molecule has 71 heavy (non-hydrogen) atoms. The van der Waals surface area contributed by atoms with Crippen LogP contribution in [0, 0.1) is 0 Å². The van der Waals surface area contributed by atoms with Gasteiger partial charge in [-0.25, -0.2) is 15.0 Å². The topological polar surface area (TPSA) is 79.7 Å². The van der Waals surface area contributed by atoms with Gasteiger partial charge in [0.2, 0.25) is 0 Å². The minimum absolute atomic E-state index is 0.580. The van der Waals surface area contributed by atoms with Gasteiger partial charge in [-0.2, -0.15) is 0 Å². The van der Waals surface area contributed by atoms with E-state index in [-0.39, 0.29) is 0 Å². The molecule has 0 atom stereocenters. The summed E-state index contributed by atoms with van der Waals surface area (Å²) in [6, 6.07) is 80.9. The van der Waals surface area contributed by atoms with E-state index < -0.39 is 0 Å². The first kappa shape index (κ1) is 41.3. The van der Waals surface area contributed by atoms with Crippen molar-refractivity contribution in [3.8, 4) is 68.3 Å². The fourth-order valence-electron chi connectivity index (χ4n) is 9.42. The average Bonchev–Trinajstić information content (AvgIpc) is 3.44. The molecule has 0 saturated heterocycles. The molecule has 9 heteroatoms. The summed E-state index contributed by atoms with van der Waals surface area (Å²) in [6.07, 6.45) is 3.65. The molecule has 0 amide bonds. The van der Waals surface area contributed by atoms with E-state index in [2.05, 4.69) is 135 Å². The lowest BCUT2D eigenvalue weighted by molar-refractivity contribution is 0.477. The van der Waals surface area contributed by atoms with Crippen LogP contribution in [0.15, 0.2) is 249 Å². The lowest BCUT2D eigenvalue weighted by Gasteiger charge is -2.37. The molecule has 2 aromatic heterocycles. The molecule has 0 spiro atoms. The van der Waals surface area contributed by atoms with E-state index >= 15 is 0 Å². The smallest absolute Gasteiger partial charge is 0.164 e. The number of benzene rings is 9. The maximum atomic E-state index is 6.55. The molecule has 2 aliphatic rings. The third-order valence-corrected chi connectivity index (χ3v) is 12.7. The summed E-state index contributed by atoms with van der Waals surface area (Å²) in [6.45, 7) is 0. The fraction of sp³-hybridized carbons (Fsp3) is 0. The molecule has 0 fully saturated rings. The van der Waals surface area contributed by atoms with Crippen LogP contribution < -0.4 is 24.2 Å². The second-order valence-corrected chi connectivity index (χ2v) is 17.2. The second kappa shape index (κ2) is 17.7. The molecule has 0 bridgehead atoms. The van der Waals surface area contributed by atoms with Crippen molar-refractivity contribution in [2.75, 3.05) is 14.7 Å². The standard InChI is InChI=1S/C62H41N7O2/c1-3-15-44(16-4-1)60-64-61(45-17-5-2-6-18-45)66-62(65-60)46-29-33-48(34-30-46)67(47-31-27-42(28-32-47)43-35-37-63-38-36-43)49-39-50(68-52-19-7-11-23-56(52)70-57-24-12-8-20-53(57)68)41-51(40-49)69-54-21-9-13-25-58(54)71-59-26-14-10-22-55(59)69/h1-41H. The Kier molecular flexibility index (Phi) is 10.3. The van der Waals surface area contributed by atoms with Crippen molar-refractivity contribution in [3.05, 3.63) is 249 Å². The van der Waals surface area contributed by atoms with Crippen LogP contribution in [-0.4, -0.2) is 19.9 Å². The number of para-hydroxylation sites is 8. The molecule has 0 N–H and O–H groups in total. The van der Waals surface area contributed by atoms with Gasteiger partial charge in [-0.3, -0.25) is 4.98 Å². The van der Waals surface area contributed by atoms with Crippen molar-refractivity contribution >= 4 is 51.2 Å². The predicted molar refractivity (Wildman–Crippen MR) is 284 cm³/mol. The number of aromatic nitrogens is 4. The van der Waals surface area contributed by atoms with Crippen LogP contribution in [-0.2, 0) is 0 Å². The number of nitrogens with zero attached hydrogens (tertiary/aromatic N) is 7. The monoisotopic (exact) mass is 915 g/mol. The Labute approximate surface area is 410 Å². The molecule has 13 rings (SSSR count). The molecule has 9 nitrogen and oxygen atoms in total. The first-order valence-electron chi connectivity index (χ1n) is 23.4. The summed E-state index contributed by atoms with van der Waals surface area (Å²) in [5.41, 5.74) is 13.2. The molecule has 0 unspecified atom stereocenters. The van der Waals surface area contributed by atoms with E-state index in [4.69, 9.17) is 24.4 Å². The van der Waals surface area contributed by atoms with Gasteiger partial charge in [0.1, 0.15) is 0 Å². The second-order valence-electron chi connectivity index (χ2n) is 17.2. The van der Waals surface area contributed by atoms with Gasteiger partial charge in [0.05, 0.1) is 39.8 Å². The number of anilines is 9. The highest BCUT2D eigenvalue weighted by Crippen LogP contribution is 2.55. The highest BCUT2D eigenvalue weighted by Gasteiger charge is 2.31. The van der Waals surface area contributed by atoms with Crippen molar-refractivity contribution in [2.45, 2.75) is 0 Å². The Morgan fingerprint density at radius 2 is 0.634 bits per heavy atom. The van der Waals surface area contributed by atoms with Gasteiger partial charge in [0.25, 0.3) is 0 Å². The Balaban J connectivity index is 1.02. The van der Waals surface area contributed by atoms with Gasteiger partial charge in [0.15, 0.2) is 40.5 Å². The first-order chi connectivity index (χ1) is 35.2.